The van der Waals surface area contributed by atoms with Gasteiger partial charge in [0.15, 0.2) is 5.82 Å². The molecule has 0 unspecified atom stereocenters. The third-order valence-corrected chi connectivity index (χ3v) is 2.84. The van der Waals surface area contributed by atoms with Gasteiger partial charge in [-0.2, -0.15) is 13.2 Å². The van der Waals surface area contributed by atoms with Crippen LogP contribution in [0.4, 0.5) is 13.2 Å². The Balaban J connectivity index is 2.54. The summed E-state index contributed by atoms with van der Waals surface area (Å²) >= 11 is 11.1. The van der Waals surface area contributed by atoms with E-state index in [1.165, 1.54) is 23.0 Å². The van der Waals surface area contributed by atoms with Crippen LogP contribution in [0.1, 0.15) is 11.4 Å². The summed E-state index contributed by atoms with van der Waals surface area (Å²) in [6.45, 7) is 0. The second-order valence-corrected chi connectivity index (χ2v) is 4.09. The van der Waals surface area contributed by atoms with Gasteiger partial charge >= 0.3 is 6.18 Å². The average molecular weight is 296 g/mol. The van der Waals surface area contributed by atoms with Gasteiger partial charge in [-0.1, -0.05) is 11.6 Å². The summed E-state index contributed by atoms with van der Waals surface area (Å²) in [5.74, 6) is 0.399. The number of benzene rings is 1. The Hall–Kier alpha value is -1.27. The van der Waals surface area contributed by atoms with E-state index in [0.29, 0.717) is 5.82 Å². The molecule has 1 aromatic carbocycles. The van der Waals surface area contributed by atoms with Gasteiger partial charge in [0.1, 0.15) is 6.33 Å². The zero-order chi connectivity index (χ0) is 13.3. The van der Waals surface area contributed by atoms with Crippen molar-refractivity contribution in [2.75, 3.05) is 0 Å². The Kier molecular flexibility index (Phi) is 3.49. The Morgan fingerprint density at radius 3 is 2.61 bits per heavy atom. The largest absolute Gasteiger partial charge is 0.417 e. The molecular formula is C10H6Cl2F3N3. The normalized spacial score (nSPS) is 11.8. The second kappa shape index (κ2) is 4.78. The summed E-state index contributed by atoms with van der Waals surface area (Å²) in [6, 6.07) is 3.55. The minimum atomic E-state index is -4.51. The molecule has 0 aliphatic carbocycles. The van der Waals surface area contributed by atoms with E-state index in [-0.39, 0.29) is 16.6 Å². The van der Waals surface area contributed by atoms with Gasteiger partial charge in [-0.15, -0.1) is 21.8 Å². The van der Waals surface area contributed by atoms with Crippen LogP contribution in [0.3, 0.4) is 0 Å². The summed E-state index contributed by atoms with van der Waals surface area (Å²) in [5, 5.41) is 6.94. The van der Waals surface area contributed by atoms with Crippen molar-refractivity contribution in [2.45, 2.75) is 12.1 Å². The molecule has 0 aliphatic rings. The third-order valence-electron chi connectivity index (χ3n) is 2.27. The molecule has 3 nitrogen and oxygen atoms in total. The highest BCUT2D eigenvalue weighted by Gasteiger charge is 2.33. The monoisotopic (exact) mass is 295 g/mol. The van der Waals surface area contributed by atoms with Crippen molar-refractivity contribution in [3.63, 3.8) is 0 Å². The lowest BCUT2D eigenvalue weighted by molar-refractivity contribution is -0.137. The van der Waals surface area contributed by atoms with E-state index in [0.717, 1.165) is 6.07 Å². The number of rotatable bonds is 2. The van der Waals surface area contributed by atoms with Crippen LogP contribution in [0.25, 0.3) is 5.69 Å². The van der Waals surface area contributed by atoms with E-state index in [2.05, 4.69) is 10.2 Å². The van der Waals surface area contributed by atoms with Crippen LogP contribution >= 0.6 is 23.2 Å². The molecule has 0 amide bonds. The Labute approximate surface area is 110 Å². The fraction of sp³-hybridized carbons (Fsp3) is 0.200. The Bertz CT molecular complexity index is 566. The van der Waals surface area contributed by atoms with Crippen LogP contribution < -0.4 is 0 Å². The van der Waals surface area contributed by atoms with E-state index in [1.807, 2.05) is 0 Å². The molecule has 1 aromatic heterocycles. The smallest absolute Gasteiger partial charge is 0.285 e. The first-order valence-electron chi connectivity index (χ1n) is 4.75. The van der Waals surface area contributed by atoms with Gasteiger partial charge in [0, 0.05) is 5.69 Å². The SMILES string of the molecule is FC(F)(F)c1cc(-n2cnnc2CCl)ccc1Cl. The molecule has 0 atom stereocenters. The molecule has 0 bridgehead atoms. The molecule has 8 heteroatoms. The Morgan fingerprint density at radius 1 is 1.28 bits per heavy atom. The third kappa shape index (κ3) is 2.44. The first-order valence-corrected chi connectivity index (χ1v) is 5.66. The molecule has 0 aliphatic heterocycles. The quantitative estimate of drug-likeness (QED) is 0.791. The summed E-state index contributed by atoms with van der Waals surface area (Å²) in [4.78, 5) is 0. The highest BCUT2D eigenvalue weighted by molar-refractivity contribution is 6.31. The number of nitrogens with zero attached hydrogens (tertiary/aromatic N) is 3. The van der Waals surface area contributed by atoms with Crippen molar-refractivity contribution in [3.8, 4) is 5.69 Å². The van der Waals surface area contributed by atoms with E-state index >= 15 is 0 Å². The molecule has 0 saturated carbocycles. The van der Waals surface area contributed by atoms with Crippen molar-refractivity contribution in [2.24, 2.45) is 0 Å². The maximum atomic E-state index is 12.7. The first kappa shape index (κ1) is 13.2. The standard InChI is InChI=1S/C10H6Cl2F3N3/c11-4-9-17-16-5-18(9)6-1-2-8(12)7(3-6)10(13,14)15/h1-3,5H,4H2. The van der Waals surface area contributed by atoms with Gasteiger partial charge < -0.3 is 0 Å². The van der Waals surface area contributed by atoms with Crippen molar-refractivity contribution in [3.05, 3.63) is 40.9 Å². The first-order chi connectivity index (χ1) is 8.43. The predicted molar refractivity (Wildman–Crippen MR) is 60.9 cm³/mol. The summed E-state index contributed by atoms with van der Waals surface area (Å²) in [5.41, 5.74) is -0.650. The van der Waals surface area contributed by atoms with Crippen LogP contribution in [-0.4, -0.2) is 14.8 Å². The predicted octanol–water partition coefficient (Wildman–Crippen LogP) is 3.68. The molecule has 96 valence electrons. The molecule has 2 rings (SSSR count). The molecular weight excluding hydrogens is 290 g/mol. The molecule has 0 radical (unpaired) electrons. The molecule has 0 saturated heterocycles. The number of hydrogen-bond donors (Lipinski definition) is 0. The highest BCUT2D eigenvalue weighted by atomic mass is 35.5. The Morgan fingerprint density at radius 2 is 2.00 bits per heavy atom. The number of halogens is 5. The van der Waals surface area contributed by atoms with Crippen LogP contribution in [-0.2, 0) is 12.1 Å². The zero-order valence-corrected chi connectivity index (χ0v) is 10.3. The minimum Gasteiger partial charge on any atom is -0.285 e. The summed E-state index contributed by atoms with van der Waals surface area (Å²) in [7, 11) is 0. The molecule has 18 heavy (non-hydrogen) atoms. The van der Waals surface area contributed by atoms with Gasteiger partial charge in [0.2, 0.25) is 0 Å². The van der Waals surface area contributed by atoms with Crippen molar-refractivity contribution < 1.29 is 13.2 Å². The van der Waals surface area contributed by atoms with Crippen LogP contribution in [0.5, 0.6) is 0 Å². The topological polar surface area (TPSA) is 30.7 Å². The van der Waals surface area contributed by atoms with Crippen molar-refractivity contribution in [1.82, 2.24) is 14.8 Å². The van der Waals surface area contributed by atoms with Crippen molar-refractivity contribution >= 4 is 23.2 Å². The van der Waals surface area contributed by atoms with Gasteiger partial charge in [0.25, 0.3) is 0 Å². The van der Waals surface area contributed by atoms with Crippen LogP contribution in [0, 0.1) is 0 Å². The highest BCUT2D eigenvalue weighted by Crippen LogP contribution is 2.35. The van der Waals surface area contributed by atoms with Gasteiger partial charge in [-0.3, -0.25) is 4.57 Å². The molecule has 0 N–H and O–H groups in total. The summed E-state index contributed by atoms with van der Waals surface area (Å²) < 4.78 is 39.5. The number of alkyl halides is 4. The fourth-order valence-corrected chi connectivity index (χ4v) is 1.85. The second-order valence-electron chi connectivity index (χ2n) is 3.41. The molecule has 0 spiro atoms. The maximum absolute atomic E-state index is 12.7. The summed E-state index contributed by atoms with van der Waals surface area (Å²) in [6.07, 6.45) is -3.22. The lowest BCUT2D eigenvalue weighted by Gasteiger charge is -2.11. The molecule has 1 heterocycles. The van der Waals surface area contributed by atoms with Gasteiger partial charge in [-0.25, -0.2) is 0 Å². The van der Waals surface area contributed by atoms with E-state index in [1.54, 1.807) is 0 Å². The maximum Gasteiger partial charge on any atom is 0.417 e. The average Bonchev–Trinajstić information content (AvgIpc) is 2.76. The fourth-order valence-electron chi connectivity index (χ4n) is 1.45. The van der Waals surface area contributed by atoms with E-state index in [9.17, 15) is 13.2 Å². The van der Waals surface area contributed by atoms with E-state index in [4.69, 9.17) is 23.2 Å². The number of aromatic nitrogens is 3. The molecule has 2 aromatic rings. The molecule has 0 fully saturated rings. The van der Waals surface area contributed by atoms with Gasteiger partial charge in [0.05, 0.1) is 16.5 Å². The van der Waals surface area contributed by atoms with E-state index < -0.39 is 11.7 Å². The van der Waals surface area contributed by atoms with Crippen LogP contribution in [0.2, 0.25) is 5.02 Å². The lowest BCUT2D eigenvalue weighted by Crippen LogP contribution is -2.08. The van der Waals surface area contributed by atoms with Crippen LogP contribution in [0.15, 0.2) is 24.5 Å². The number of hydrogen-bond acceptors (Lipinski definition) is 2. The zero-order valence-electron chi connectivity index (χ0n) is 8.75. The van der Waals surface area contributed by atoms with Gasteiger partial charge in [-0.05, 0) is 18.2 Å². The van der Waals surface area contributed by atoms with Crippen molar-refractivity contribution in [1.29, 1.82) is 0 Å². The minimum absolute atomic E-state index is 0.0456. The lowest BCUT2D eigenvalue weighted by atomic mass is 10.2.